The van der Waals surface area contributed by atoms with E-state index in [1.165, 1.54) is 6.07 Å². The van der Waals surface area contributed by atoms with Gasteiger partial charge in [0.25, 0.3) is 11.5 Å². The Balaban J connectivity index is 1.33. The predicted octanol–water partition coefficient (Wildman–Crippen LogP) is 2.85. The smallest absolute Gasteiger partial charge is 0.336 e. The van der Waals surface area contributed by atoms with E-state index in [0.29, 0.717) is 36.5 Å². The number of carbonyl (C=O) groups excluding carboxylic acids is 1. The van der Waals surface area contributed by atoms with Crippen LogP contribution >= 0.6 is 0 Å². The molecule has 0 unspecified atom stereocenters. The SMILES string of the molecule is CCc1cc(=O)oc2c(C)c(OCC(=O)N3C[C@@H]4C[C@@H](C3)c3cccc(=O)n3C4)ccc12. The second-order valence-electron chi connectivity index (χ2n) is 8.80. The van der Waals surface area contributed by atoms with Gasteiger partial charge in [-0.05, 0) is 49.4 Å². The molecule has 32 heavy (non-hydrogen) atoms. The Hall–Kier alpha value is -3.35. The highest BCUT2D eigenvalue weighted by atomic mass is 16.5. The second-order valence-corrected chi connectivity index (χ2v) is 8.80. The Bertz CT molecular complexity index is 1320. The van der Waals surface area contributed by atoms with Crippen LogP contribution in [0.15, 0.2) is 50.4 Å². The van der Waals surface area contributed by atoms with Crippen molar-refractivity contribution >= 4 is 16.9 Å². The minimum atomic E-state index is -0.384. The van der Waals surface area contributed by atoms with Gasteiger partial charge in [0.15, 0.2) is 6.61 Å². The van der Waals surface area contributed by atoms with Crippen molar-refractivity contribution in [2.45, 2.75) is 39.2 Å². The third-order valence-electron chi connectivity index (χ3n) is 6.76. The zero-order valence-electron chi connectivity index (χ0n) is 18.3. The number of pyridine rings is 1. The van der Waals surface area contributed by atoms with E-state index in [1.54, 1.807) is 12.1 Å². The summed E-state index contributed by atoms with van der Waals surface area (Å²) in [6.07, 6.45) is 1.73. The number of aryl methyl sites for hydroxylation is 2. The summed E-state index contributed by atoms with van der Waals surface area (Å²) in [5.74, 6) is 0.907. The number of ether oxygens (including phenoxy) is 1. The average molecular weight is 434 g/mol. The molecule has 2 bridgehead atoms. The first kappa shape index (κ1) is 20.5. The van der Waals surface area contributed by atoms with E-state index in [1.807, 2.05) is 41.5 Å². The molecule has 0 saturated carbocycles. The van der Waals surface area contributed by atoms with Crippen molar-refractivity contribution in [3.63, 3.8) is 0 Å². The zero-order chi connectivity index (χ0) is 22.4. The van der Waals surface area contributed by atoms with Crippen molar-refractivity contribution in [3.05, 3.63) is 74.0 Å². The standard InChI is InChI=1S/C25H26N2O5/c1-3-17-10-24(30)32-25-15(2)21(8-7-19(17)25)31-14-23(29)26-11-16-9-18(13-26)20-5-4-6-22(28)27(20)12-16/h4-8,10,16,18H,3,9,11-14H2,1-2H3/t16-,18-/m0/s1. The fourth-order valence-electron chi connectivity index (χ4n) is 5.19. The molecule has 0 spiro atoms. The largest absolute Gasteiger partial charge is 0.483 e. The Morgan fingerprint density at radius 3 is 2.81 bits per heavy atom. The molecule has 2 aliphatic rings. The molecule has 3 aromatic rings. The van der Waals surface area contributed by atoms with Gasteiger partial charge in [-0.15, -0.1) is 0 Å². The first-order valence-electron chi connectivity index (χ1n) is 11.1. The third-order valence-corrected chi connectivity index (χ3v) is 6.76. The molecule has 2 aromatic heterocycles. The van der Waals surface area contributed by atoms with Crippen molar-refractivity contribution < 1.29 is 13.9 Å². The summed E-state index contributed by atoms with van der Waals surface area (Å²) in [5, 5.41) is 0.890. The minimum Gasteiger partial charge on any atom is -0.483 e. The van der Waals surface area contributed by atoms with Crippen molar-refractivity contribution in [1.29, 1.82) is 0 Å². The maximum absolute atomic E-state index is 13.0. The van der Waals surface area contributed by atoms with Crippen LogP contribution < -0.4 is 15.9 Å². The van der Waals surface area contributed by atoms with Gasteiger partial charge in [-0.1, -0.05) is 13.0 Å². The molecule has 7 heteroatoms. The molecule has 1 saturated heterocycles. The van der Waals surface area contributed by atoms with E-state index in [9.17, 15) is 14.4 Å². The summed E-state index contributed by atoms with van der Waals surface area (Å²) in [6, 6.07) is 10.6. The maximum Gasteiger partial charge on any atom is 0.336 e. The minimum absolute atomic E-state index is 0.0324. The number of fused-ring (bicyclic) bond motifs is 5. The highest BCUT2D eigenvalue weighted by Crippen LogP contribution is 2.35. The molecule has 2 atom stereocenters. The summed E-state index contributed by atoms with van der Waals surface area (Å²) in [6.45, 7) is 5.63. The average Bonchev–Trinajstić information content (AvgIpc) is 2.79. The number of carbonyl (C=O) groups is 1. The van der Waals surface area contributed by atoms with Gasteiger partial charge < -0.3 is 18.6 Å². The van der Waals surface area contributed by atoms with Crippen LogP contribution in [-0.2, 0) is 17.8 Å². The van der Waals surface area contributed by atoms with Gasteiger partial charge >= 0.3 is 5.63 Å². The third kappa shape index (κ3) is 3.51. The van der Waals surface area contributed by atoms with Crippen molar-refractivity contribution in [3.8, 4) is 5.75 Å². The summed E-state index contributed by atoms with van der Waals surface area (Å²) < 4.78 is 13.2. The van der Waals surface area contributed by atoms with Crippen molar-refractivity contribution in [1.82, 2.24) is 9.47 Å². The molecule has 1 amide bonds. The first-order chi connectivity index (χ1) is 15.4. The molecule has 4 heterocycles. The molecule has 0 radical (unpaired) electrons. The number of hydrogen-bond acceptors (Lipinski definition) is 5. The number of rotatable bonds is 4. The Morgan fingerprint density at radius 1 is 1.16 bits per heavy atom. The molecule has 0 N–H and O–H groups in total. The van der Waals surface area contributed by atoms with Crippen LogP contribution in [0.3, 0.4) is 0 Å². The van der Waals surface area contributed by atoms with Gasteiger partial charge in [-0.3, -0.25) is 9.59 Å². The number of nitrogens with zero attached hydrogens (tertiary/aromatic N) is 2. The second kappa shape index (κ2) is 7.97. The number of likely N-dealkylation sites (tertiary alicyclic amines) is 1. The van der Waals surface area contributed by atoms with Crippen LogP contribution in [0, 0.1) is 12.8 Å². The molecule has 166 valence electrons. The fraction of sp³-hybridized carbons (Fsp3) is 0.400. The van der Waals surface area contributed by atoms with E-state index >= 15 is 0 Å². The van der Waals surface area contributed by atoms with E-state index in [2.05, 4.69) is 0 Å². The molecule has 5 rings (SSSR count). The number of piperidine rings is 1. The van der Waals surface area contributed by atoms with E-state index in [4.69, 9.17) is 9.15 Å². The predicted molar refractivity (Wildman–Crippen MR) is 120 cm³/mol. The van der Waals surface area contributed by atoms with Gasteiger partial charge in [0.2, 0.25) is 0 Å². The van der Waals surface area contributed by atoms with Crippen molar-refractivity contribution in [2.75, 3.05) is 19.7 Å². The molecule has 7 nitrogen and oxygen atoms in total. The van der Waals surface area contributed by atoms with Gasteiger partial charge in [-0.2, -0.15) is 0 Å². The normalized spacial score (nSPS) is 19.6. The van der Waals surface area contributed by atoms with E-state index in [0.717, 1.165) is 29.5 Å². The van der Waals surface area contributed by atoms with Gasteiger partial charge in [0.1, 0.15) is 11.3 Å². The van der Waals surface area contributed by atoms with Gasteiger partial charge in [-0.25, -0.2) is 4.79 Å². The van der Waals surface area contributed by atoms with Gasteiger partial charge in [0, 0.05) is 54.3 Å². The van der Waals surface area contributed by atoms with Crippen LogP contribution in [0.5, 0.6) is 5.75 Å². The van der Waals surface area contributed by atoms with Crippen LogP contribution in [0.1, 0.15) is 36.1 Å². The molecular weight excluding hydrogens is 408 g/mol. The summed E-state index contributed by atoms with van der Waals surface area (Å²) in [7, 11) is 0. The Morgan fingerprint density at radius 2 is 2.00 bits per heavy atom. The summed E-state index contributed by atoms with van der Waals surface area (Å²) in [4.78, 5) is 38.9. The molecular formula is C25H26N2O5. The maximum atomic E-state index is 13.0. The summed E-state index contributed by atoms with van der Waals surface area (Å²) in [5.41, 5.74) is 2.82. The fourth-order valence-corrected chi connectivity index (χ4v) is 5.19. The molecule has 2 aliphatic heterocycles. The Labute approximate surface area is 185 Å². The number of benzene rings is 1. The quantitative estimate of drug-likeness (QED) is 0.590. The topological polar surface area (TPSA) is 81.8 Å². The van der Waals surface area contributed by atoms with E-state index < -0.39 is 0 Å². The number of hydrogen-bond donors (Lipinski definition) is 0. The number of aromatic nitrogens is 1. The highest BCUT2D eigenvalue weighted by Gasteiger charge is 2.36. The van der Waals surface area contributed by atoms with Crippen molar-refractivity contribution in [2.24, 2.45) is 5.92 Å². The number of amides is 1. The first-order valence-corrected chi connectivity index (χ1v) is 11.1. The van der Waals surface area contributed by atoms with Crippen LogP contribution in [-0.4, -0.2) is 35.1 Å². The lowest BCUT2D eigenvalue weighted by molar-refractivity contribution is -0.136. The van der Waals surface area contributed by atoms with E-state index in [-0.39, 0.29) is 35.5 Å². The van der Waals surface area contributed by atoms with Crippen LogP contribution in [0.2, 0.25) is 0 Å². The van der Waals surface area contributed by atoms with Crippen LogP contribution in [0.4, 0.5) is 0 Å². The lowest BCUT2D eigenvalue weighted by Crippen LogP contribution is -2.50. The highest BCUT2D eigenvalue weighted by molar-refractivity contribution is 5.85. The molecule has 1 aromatic carbocycles. The summed E-state index contributed by atoms with van der Waals surface area (Å²) >= 11 is 0. The Kier molecular flexibility index (Phi) is 5.12. The monoisotopic (exact) mass is 434 g/mol. The zero-order valence-corrected chi connectivity index (χ0v) is 18.3. The van der Waals surface area contributed by atoms with Gasteiger partial charge in [0.05, 0.1) is 0 Å². The lowest BCUT2D eigenvalue weighted by Gasteiger charge is -2.42. The molecule has 1 fully saturated rings. The van der Waals surface area contributed by atoms with Crippen LogP contribution in [0.25, 0.3) is 11.0 Å². The molecule has 0 aliphatic carbocycles. The lowest BCUT2D eigenvalue weighted by atomic mass is 9.83.